The number of benzene rings is 1. The van der Waals surface area contributed by atoms with Crippen LogP contribution in [0, 0.1) is 20.8 Å². The maximum atomic E-state index is 12.4. The average molecular weight is 303 g/mol. The lowest BCUT2D eigenvalue weighted by Gasteiger charge is -2.24. The molecule has 0 amide bonds. The molecule has 0 bridgehead atoms. The summed E-state index contributed by atoms with van der Waals surface area (Å²) >= 11 is 0. The molecule has 1 aliphatic carbocycles. The summed E-state index contributed by atoms with van der Waals surface area (Å²) in [4.78, 5) is 12.4. The molecular weight excluding hydrogens is 274 g/mol. The minimum atomic E-state index is -0.201. The number of aryl methyl sites for hydroxylation is 3. The predicted octanol–water partition coefficient (Wildman–Crippen LogP) is 4.08. The molecule has 3 heteroatoms. The highest BCUT2D eigenvalue weighted by Crippen LogP contribution is 2.19. The summed E-state index contributed by atoms with van der Waals surface area (Å²) in [6.45, 7) is 8.70. The molecular formula is C19H29NO2. The van der Waals surface area contributed by atoms with Gasteiger partial charge in [0.2, 0.25) is 0 Å². The van der Waals surface area contributed by atoms with Crippen LogP contribution in [-0.4, -0.2) is 24.7 Å². The number of ether oxygens (including phenoxy) is 1. The summed E-state index contributed by atoms with van der Waals surface area (Å²) in [7, 11) is 0. The van der Waals surface area contributed by atoms with Crippen LogP contribution in [0.2, 0.25) is 0 Å². The molecule has 0 spiro atoms. The first-order chi connectivity index (χ1) is 10.5. The Kier molecular flexibility index (Phi) is 6.01. The highest BCUT2D eigenvalue weighted by molar-refractivity contribution is 5.92. The van der Waals surface area contributed by atoms with E-state index in [4.69, 9.17) is 4.74 Å². The topological polar surface area (TPSA) is 38.3 Å². The minimum Gasteiger partial charge on any atom is -0.458 e. The van der Waals surface area contributed by atoms with Gasteiger partial charge in [-0.1, -0.05) is 37.0 Å². The number of carbonyl (C=O) groups excluding carboxylic acids is 1. The molecule has 0 heterocycles. The average Bonchev–Trinajstić information content (AvgIpc) is 2.45. The summed E-state index contributed by atoms with van der Waals surface area (Å²) in [6, 6.07) is 4.67. The van der Waals surface area contributed by atoms with Crippen molar-refractivity contribution in [1.82, 2.24) is 5.32 Å². The Labute approximate surface area is 134 Å². The summed E-state index contributed by atoms with van der Waals surface area (Å²) in [5.74, 6) is -0.201. The summed E-state index contributed by atoms with van der Waals surface area (Å²) in [5.41, 5.74) is 3.89. The molecule has 1 aromatic carbocycles. The van der Waals surface area contributed by atoms with Gasteiger partial charge in [0.15, 0.2) is 0 Å². The van der Waals surface area contributed by atoms with Gasteiger partial charge >= 0.3 is 5.97 Å². The van der Waals surface area contributed by atoms with E-state index < -0.39 is 0 Å². The second-order valence-corrected chi connectivity index (χ2v) is 6.73. The smallest absolute Gasteiger partial charge is 0.338 e. The first-order valence-corrected chi connectivity index (χ1v) is 8.49. The molecule has 1 atom stereocenters. The Morgan fingerprint density at radius 2 is 1.77 bits per heavy atom. The zero-order valence-electron chi connectivity index (χ0n) is 14.4. The Bertz CT molecular complexity index is 495. The Morgan fingerprint density at radius 1 is 1.18 bits per heavy atom. The summed E-state index contributed by atoms with van der Waals surface area (Å²) in [6.07, 6.45) is 6.37. The van der Waals surface area contributed by atoms with E-state index in [1.54, 1.807) is 0 Å². The lowest BCUT2D eigenvalue weighted by Crippen LogP contribution is -2.37. The van der Waals surface area contributed by atoms with Crippen LogP contribution in [0.4, 0.5) is 0 Å². The van der Waals surface area contributed by atoms with Crippen molar-refractivity contribution in [3.63, 3.8) is 0 Å². The molecule has 3 nitrogen and oxygen atoms in total. The van der Waals surface area contributed by atoms with Crippen LogP contribution in [0.3, 0.4) is 0 Å². The predicted molar refractivity (Wildman–Crippen MR) is 90.4 cm³/mol. The molecule has 1 aliphatic rings. The second-order valence-electron chi connectivity index (χ2n) is 6.73. The maximum absolute atomic E-state index is 12.4. The van der Waals surface area contributed by atoms with Gasteiger partial charge in [-0.05, 0) is 51.7 Å². The van der Waals surface area contributed by atoms with Crippen LogP contribution in [0.15, 0.2) is 12.1 Å². The lowest BCUT2D eigenvalue weighted by molar-refractivity contribution is 0.0332. The zero-order valence-corrected chi connectivity index (χ0v) is 14.4. The second kappa shape index (κ2) is 7.77. The van der Waals surface area contributed by atoms with Gasteiger partial charge < -0.3 is 10.1 Å². The van der Waals surface area contributed by atoms with Crippen molar-refractivity contribution in [1.29, 1.82) is 0 Å². The molecule has 1 aromatic rings. The van der Waals surface area contributed by atoms with Crippen LogP contribution < -0.4 is 5.32 Å². The maximum Gasteiger partial charge on any atom is 0.338 e. The van der Waals surface area contributed by atoms with Crippen LogP contribution in [-0.2, 0) is 4.74 Å². The minimum absolute atomic E-state index is 0.102. The zero-order chi connectivity index (χ0) is 16.1. The standard InChI is InChI=1S/C19H29NO2/c1-13-10-14(2)18(15(3)11-13)19(21)22-16(4)12-20-17-8-6-5-7-9-17/h10-11,16-17,20H,5-9,12H2,1-4H3/t16-/m1/s1. The lowest BCUT2D eigenvalue weighted by atomic mass is 9.95. The van der Waals surface area contributed by atoms with E-state index in [0.29, 0.717) is 6.04 Å². The SMILES string of the molecule is Cc1cc(C)c(C(=O)O[C@H](C)CNC2CCCCC2)c(C)c1. The number of hydrogen-bond acceptors (Lipinski definition) is 3. The van der Waals surface area contributed by atoms with Crippen LogP contribution in [0.5, 0.6) is 0 Å². The molecule has 0 unspecified atom stereocenters. The summed E-state index contributed by atoms with van der Waals surface area (Å²) in [5, 5.41) is 3.54. The first-order valence-electron chi connectivity index (χ1n) is 8.49. The van der Waals surface area contributed by atoms with Crippen molar-refractivity contribution >= 4 is 5.97 Å². The van der Waals surface area contributed by atoms with Gasteiger partial charge in [0.1, 0.15) is 6.10 Å². The number of nitrogens with one attached hydrogen (secondary N) is 1. The van der Waals surface area contributed by atoms with E-state index in [-0.39, 0.29) is 12.1 Å². The van der Waals surface area contributed by atoms with E-state index in [2.05, 4.69) is 5.32 Å². The van der Waals surface area contributed by atoms with E-state index in [9.17, 15) is 4.79 Å². The van der Waals surface area contributed by atoms with Gasteiger partial charge in [0.05, 0.1) is 5.56 Å². The Balaban J connectivity index is 1.88. The number of rotatable bonds is 5. The third-order valence-corrected chi connectivity index (χ3v) is 4.49. The van der Waals surface area contributed by atoms with E-state index in [1.165, 1.54) is 37.7 Å². The van der Waals surface area contributed by atoms with E-state index in [1.807, 2.05) is 39.8 Å². The first kappa shape index (κ1) is 17.0. The van der Waals surface area contributed by atoms with Crippen LogP contribution >= 0.6 is 0 Å². The summed E-state index contributed by atoms with van der Waals surface area (Å²) < 4.78 is 5.63. The van der Waals surface area contributed by atoms with Gasteiger partial charge in [-0.25, -0.2) is 4.79 Å². The van der Waals surface area contributed by atoms with E-state index in [0.717, 1.165) is 23.2 Å². The molecule has 22 heavy (non-hydrogen) atoms. The number of esters is 1. The van der Waals surface area contributed by atoms with Crippen molar-refractivity contribution in [3.8, 4) is 0 Å². The van der Waals surface area contributed by atoms with Gasteiger partial charge in [0, 0.05) is 12.6 Å². The highest BCUT2D eigenvalue weighted by Gasteiger charge is 2.18. The fraction of sp³-hybridized carbons (Fsp3) is 0.632. The van der Waals surface area contributed by atoms with Crippen molar-refractivity contribution in [3.05, 3.63) is 34.4 Å². The Hall–Kier alpha value is -1.35. The molecule has 2 rings (SSSR count). The quantitative estimate of drug-likeness (QED) is 0.833. The van der Waals surface area contributed by atoms with Crippen LogP contribution in [0.25, 0.3) is 0 Å². The highest BCUT2D eigenvalue weighted by atomic mass is 16.5. The van der Waals surface area contributed by atoms with Crippen LogP contribution in [0.1, 0.15) is 66.1 Å². The molecule has 0 saturated heterocycles. The number of carbonyl (C=O) groups is 1. The van der Waals surface area contributed by atoms with Gasteiger partial charge in [-0.15, -0.1) is 0 Å². The fourth-order valence-electron chi connectivity index (χ4n) is 3.42. The fourth-order valence-corrected chi connectivity index (χ4v) is 3.42. The Morgan fingerprint density at radius 3 is 2.36 bits per heavy atom. The van der Waals surface area contributed by atoms with Crippen molar-refractivity contribution in [2.75, 3.05) is 6.54 Å². The van der Waals surface area contributed by atoms with Gasteiger partial charge in [-0.3, -0.25) is 0 Å². The molecule has 122 valence electrons. The molecule has 1 fully saturated rings. The monoisotopic (exact) mass is 303 g/mol. The normalized spacial score (nSPS) is 17.3. The molecule has 1 N–H and O–H groups in total. The number of hydrogen-bond donors (Lipinski definition) is 1. The van der Waals surface area contributed by atoms with Gasteiger partial charge in [-0.2, -0.15) is 0 Å². The molecule has 1 saturated carbocycles. The van der Waals surface area contributed by atoms with Gasteiger partial charge in [0.25, 0.3) is 0 Å². The third-order valence-electron chi connectivity index (χ3n) is 4.49. The third kappa shape index (κ3) is 4.57. The largest absolute Gasteiger partial charge is 0.458 e. The van der Waals surface area contributed by atoms with Crippen molar-refractivity contribution in [2.45, 2.75) is 71.9 Å². The van der Waals surface area contributed by atoms with Crippen molar-refractivity contribution < 1.29 is 9.53 Å². The molecule has 0 aliphatic heterocycles. The molecule has 0 radical (unpaired) electrons. The molecule has 0 aromatic heterocycles. The van der Waals surface area contributed by atoms with Crippen molar-refractivity contribution in [2.24, 2.45) is 0 Å². The van der Waals surface area contributed by atoms with E-state index >= 15 is 0 Å².